The molecule has 52 valence electrons. The van der Waals surface area contributed by atoms with Crippen LogP contribution in [0.3, 0.4) is 0 Å². The van der Waals surface area contributed by atoms with E-state index in [1.807, 2.05) is 13.0 Å². The van der Waals surface area contributed by atoms with Gasteiger partial charge < -0.3 is 11.5 Å². The summed E-state index contributed by atoms with van der Waals surface area (Å²) in [6.07, 6.45) is 5.31. The molecule has 0 aliphatic heterocycles. The number of hydrogen-bond acceptors (Lipinski definition) is 2. The topological polar surface area (TPSA) is 52.0 Å². The Bertz CT molecular complexity index is 114. The zero-order valence-electron chi connectivity index (χ0n) is 5.80. The van der Waals surface area contributed by atoms with E-state index in [1.165, 1.54) is 0 Å². The minimum absolute atomic E-state index is 0.381. The van der Waals surface area contributed by atoms with Gasteiger partial charge >= 0.3 is 0 Å². The van der Waals surface area contributed by atoms with Gasteiger partial charge in [0.05, 0.1) is 0 Å². The minimum Gasteiger partial charge on any atom is -0.328 e. The van der Waals surface area contributed by atoms with Crippen LogP contribution in [0.15, 0.2) is 24.8 Å². The molecule has 0 amide bonds. The standard InChI is InChI=1S/C7H14N2/c1-3-4-5-7(2,9)6-8/h3-5H,1,6,8-9H2,2H3/b5-4-. The third kappa shape index (κ3) is 3.94. The summed E-state index contributed by atoms with van der Waals surface area (Å²) < 4.78 is 0. The van der Waals surface area contributed by atoms with E-state index >= 15 is 0 Å². The van der Waals surface area contributed by atoms with Gasteiger partial charge in [0, 0.05) is 12.1 Å². The number of allylic oxidation sites excluding steroid dienone is 2. The highest BCUT2D eigenvalue weighted by atomic mass is 14.8. The van der Waals surface area contributed by atoms with Gasteiger partial charge in [0.2, 0.25) is 0 Å². The lowest BCUT2D eigenvalue weighted by atomic mass is 10.0. The van der Waals surface area contributed by atoms with E-state index < -0.39 is 0 Å². The quantitative estimate of drug-likeness (QED) is 0.538. The summed E-state index contributed by atoms with van der Waals surface area (Å²) in [6, 6.07) is 0. The molecule has 0 radical (unpaired) electrons. The molecule has 1 unspecified atom stereocenters. The predicted molar refractivity (Wildman–Crippen MR) is 41.0 cm³/mol. The summed E-state index contributed by atoms with van der Waals surface area (Å²) in [5, 5.41) is 0. The van der Waals surface area contributed by atoms with Crippen molar-refractivity contribution in [1.82, 2.24) is 0 Å². The van der Waals surface area contributed by atoms with Crippen molar-refractivity contribution in [3.05, 3.63) is 24.8 Å². The molecule has 2 nitrogen and oxygen atoms in total. The maximum Gasteiger partial charge on any atom is 0.0437 e. The smallest absolute Gasteiger partial charge is 0.0437 e. The molecular formula is C7H14N2. The van der Waals surface area contributed by atoms with Crippen molar-refractivity contribution >= 4 is 0 Å². The van der Waals surface area contributed by atoms with Crippen LogP contribution >= 0.6 is 0 Å². The predicted octanol–water partition coefficient (Wildman–Crippen LogP) is 0.405. The van der Waals surface area contributed by atoms with Crippen LogP contribution in [0.5, 0.6) is 0 Å². The van der Waals surface area contributed by atoms with Crippen LogP contribution in [0, 0.1) is 0 Å². The van der Waals surface area contributed by atoms with Crippen molar-refractivity contribution < 1.29 is 0 Å². The van der Waals surface area contributed by atoms with Crippen molar-refractivity contribution in [2.75, 3.05) is 6.54 Å². The Morgan fingerprint density at radius 2 is 2.22 bits per heavy atom. The van der Waals surface area contributed by atoms with Gasteiger partial charge in [0.15, 0.2) is 0 Å². The Labute approximate surface area is 56.2 Å². The second-order valence-electron chi connectivity index (χ2n) is 2.30. The van der Waals surface area contributed by atoms with Crippen molar-refractivity contribution in [1.29, 1.82) is 0 Å². The van der Waals surface area contributed by atoms with E-state index in [4.69, 9.17) is 11.5 Å². The van der Waals surface area contributed by atoms with Gasteiger partial charge in [-0.15, -0.1) is 0 Å². The first-order valence-corrected chi connectivity index (χ1v) is 2.91. The molecule has 0 bridgehead atoms. The average Bonchev–Trinajstić information content (AvgIpc) is 1.84. The van der Waals surface area contributed by atoms with Gasteiger partial charge in [-0.1, -0.05) is 24.8 Å². The zero-order chi connectivity index (χ0) is 7.33. The van der Waals surface area contributed by atoms with E-state index in [0.29, 0.717) is 6.54 Å². The molecule has 0 saturated heterocycles. The van der Waals surface area contributed by atoms with Crippen LogP contribution in [-0.4, -0.2) is 12.1 Å². The molecular weight excluding hydrogens is 112 g/mol. The van der Waals surface area contributed by atoms with Crippen LogP contribution < -0.4 is 11.5 Å². The lowest BCUT2D eigenvalue weighted by Crippen LogP contribution is -2.41. The first-order valence-electron chi connectivity index (χ1n) is 2.91. The van der Waals surface area contributed by atoms with Gasteiger partial charge in [-0.25, -0.2) is 0 Å². The molecule has 0 aromatic carbocycles. The fourth-order valence-electron chi connectivity index (χ4n) is 0.356. The molecule has 0 saturated carbocycles. The monoisotopic (exact) mass is 126 g/mol. The van der Waals surface area contributed by atoms with Crippen molar-refractivity contribution in [3.8, 4) is 0 Å². The summed E-state index contributed by atoms with van der Waals surface area (Å²) in [6.45, 7) is 5.84. The summed E-state index contributed by atoms with van der Waals surface area (Å²) in [7, 11) is 0. The second kappa shape index (κ2) is 3.43. The Balaban J connectivity index is 3.84. The van der Waals surface area contributed by atoms with Crippen molar-refractivity contribution in [2.45, 2.75) is 12.5 Å². The first-order chi connectivity index (χ1) is 4.12. The molecule has 0 rings (SSSR count). The summed E-state index contributed by atoms with van der Waals surface area (Å²) in [5.74, 6) is 0. The number of hydrogen-bond donors (Lipinski definition) is 2. The van der Waals surface area contributed by atoms with Crippen LogP contribution in [0.1, 0.15) is 6.92 Å². The molecule has 1 atom stereocenters. The molecule has 0 aliphatic carbocycles. The Hall–Kier alpha value is -0.600. The van der Waals surface area contributed by atoms with Crippen molar-refractivity contribution in [3.63, 3.8) is 0 Å². The van der Waals surface area contributed by atoms with Gasteiger partial charge in [-0.05, 0) is 6.92 Å². The van der Waals surface area contributed by atoms with Gasteiger partial charge in [0.25, 0.3) is 0 Å². The summed E-state index contributed by atoms with van der Waals surface area (Å²) in [5.41, 5.74) is 10.6. The molecule has 0 heterocycles. The molecule has 0 aromatic heterocycles. The molecule has 2 heteroatoms. The number of nitrogens with two attached hydrogens (primary N) is 2. The van der Waals surface area contributed by atoms with E-state index in [9.17, 15) is 0 Å². The lowest BCUT2D eigenvalue weighted by Gasteiger charge is -2.15. The third-order valence-electron chi connectivity index (χ3n) is 1.05. The summed E-state index contributed by atoms with van der Waals surface area (Å²) in [4.78, 5) is 0. The molecule has 0 aromatic rings. The molecule has 4 N–H and O–H groups in total. The SMILES string of the molecule is C=C/C=C\C(C)(N)CN. The van der Waals surface area contributed by atoms with Crippen LogP contribution in [0.2, 0.25) is 0 Å². The maximum atomic E-state index is 5.64. The van der Waals surface area contributed by atoms with Crippen LogP contribution in [0.25, 0.3) is 0 Å². The van der Waals surface area contributed by atoms with Crippen LogP contribution in [-0.2, 0) is 0 Å². The van der Waals surface area contributed by atoms with Crippen LogP contribution in [0.4, 0.5) is 0 Å². The van der Waals surface area contributed by atoms with Crippen molar-refractivity contribution in [2.24, 2.45) is 11.5 Å². The van der Waals surface area contributed by atoms with E-state index in [1.54, 1.807) is 12.2 Å². The minimum atomic E-state index is -0.381. The van der Waals surface area contributed by atoms with Gasteiger partial charge in [-0.3, -0.25) is 0 Å². The number of rotatable bonds is 3. The normalized spacial score (nSPS) is 17.7. The highest BCUT2D eigenvalue weighted by molar-refractivity contribution is 5.08. The fraction of sp³-hybridized carbons (Fsp3) is 0.429. The third-order valence-corrected chi connectivity index (χ3v) is 1.05. The van der Waals surface area contributed by atoms with Gasteiger partial charge in [0.1, 0.15) is 0 Å². The van der Waals surface area contributed by atoms with E-state index in [0.717, 1.165) is 0 Å². The second-order valence-corrected chi connectivity index (χ2v) is 2.30. The largest absolute Gasteiger partial charge is 0.328 e. The molecule has 0 fully saturated rings. The fourth-order valence-corrected chi connectivity index (χ4v) is 0.356. The first kappa shape index (κ1) is 8.40. The molecule has 0 spiro atoms. The summed E-state index contributed by atoms with van der Waals surface area (Å²) >= 11 is 0. The molecule has 9 heavy (non-hydrogen) atoms. The Morgan fingerprint density at radius 3 is 2.56 bits per heavy atom. The average molecular weight is 126 g/mol. The zero-order valence-corrected chi connectivity index (χ0v) is 5.80. The maximum absolute atomic E-state index is 5.64. The van der Waals surface area contributed by atoms with E-state index in [-0.39, 0.29) is 5.54 Å². The highest BCUT2D eigenvalue weighted by Gasteiger charge is 2.08. The Kier molecular flexibility index (Phi) is 3.20. The van der Waals surface area contributed by atoms with E-state index in [2.05, 4.69) is 6.58 Å². The lowest BCUT2D eigenvalue weighted by molar-refractivity contribution is 0.597. The van der Waals surface area contributed by atoms with Gasteiger partial charge in [-0.2, -0.15) is 0 Å². The molecule has 0 aliphatic rings. The highest BCUT2D eigenvalue weighted by Crippen LogP contribution is 1.96. The Morgan fingerprint density at radius 1 is 1.67 bits per heavy atom.